The first kappa shape index (κ1) is 47.6. The van der Waals surface area contributed by atoms with Gasteiger partial charge in [0.1, 0.15) is 12.9 Å². The zero-order valence-electron chi connectivity index (χ0n) is 36.2. The van der Waals surface area contributed by atoms with Crippen LogP contribution in [0.2, 0.25) is 18.1 Å². The van der Waals surface area contributed by atoms with Crippen LogP contribution in [-0.2, 0) is 32.9 Å². The second-order valence-electron chi connectivity index (χ2n) is 18.4. The van der Waals surface area contributed by atoms with Gasteiger partial charge in [0.05, 0.1) is 36.6 Å². The summed E-state index contributed by atoms with van der Waals surface area (Å²) >= 11 is 0. The smallest absolute Gasteiger partial charge is 0.334 e. The second kappa shape index (κ2) is 25.5. The topological polar surface area (TPSA) is 92.7 Å². The second-order valence-corrected chi connectivity index (χ2v) is 23.2. The van der Waals surface area contributed by atoms with Gasteiger partial charge < -0.3 is 33.2 Å². The van der Waals surface area contributed by atoms with E-state index in [1.54, 1.807) is 7.11 Å². The number of unbranched alkanes of at least 4 members (excludes halogenated alkanes) is 13. The number of carbonyl (C=O) groups is 1. The van der Waals surface area contributed by atoms with E-state index in [0.717, 1.165) is 89.0 Å². The highest BCUT2D eigenvalue weighted by atomic mass is 28.4. The Bertz CT molecular complexity index is 1040. The lowest BCUT2D eigenvalue weighted by atomic mass is 9.94. The maximum Gasteiger partial charge on any atom is 0.334 e. The number of rotatable bonds is 29. The van der Waals surface area contributed by atoms with Gasteiger partial charge in [-0.2, -0.15) is 0 Å². The molecule has 3 heterocycles. The Morgan fingerprint density at radius 2 is 1.37 bits per heavy atom. The van der Waals surface area contributed by atoms with Crippen molar-refractivity contribution in [2.24, 2.45) is 0 Å². The molecule has 0 aliphatic carbocycles. The molecule has 0 bridgehead atoms. The molecule has 3 aliphatic rings. The molecule has 0 aromatic rings. The monoisotopic (exact) mass is 781 g/mol. The largest absolute Gasteiger partial charge is 0.455 e. The molecule has 54 heavy (non-hydrogen) atoms. The molecule has 3 aliphatic heterocycles. The minimum Gasteiger partial charge on any atom is -0.455 e. The molecule has 0 radical (unpaired) electrons. The lowest BCUT2D eigenvalue weighted by Crippen LogP contribution is -2.44. The number of ether oxygens (including phenoxy) is 5. The average Bonchev–Trinajstić information content (AvgIpc) is 3.74. The Kier molecular flexibility index (Phi) is 22.5. The van der Waals surface area contributed by atoms with Crippen LogP contribution in [0.3, 0.4) is 0 Å². The number of aliphatic hydroxyl groups excluding tert-OH is 1. The number of hydrogen-bond donors (Lipinski definition) is 1. The number of aliphatic hydroxyl groups is 1. The number of cyclic esters (lactones) is 1. The molecule has 8 atom stereocenters. The fourth-order valence-electron chi connectivity index (χ4n) is 8.30. The third-order valence-electron chi connectivity index (χ3n) is 12.6. The van der Waals surface area contributed by atoms with Gasteiger partial charge in [0.2, 0.25) is 0 Å². The zero-order chi connectivity index (χ0) is 39.4. The van der Waals surface area contributed by atoms with E-state index in [0.29, 0.717) is 13.2 Å². The van der Waals surface area contributed by atoms with Crippen LogP contribution in [0.1, 0.15) is 189 Å². The molecule has 0 unspecified atom stereocenters. The Morgan fingerprint density at radius 3 is 1.96 bits per heavy atom. The molecule has 0 aromatic heterocycles. The third kappa shape index (κ3) is 17.4. The number of carbonyl (C=O) groups excluding carboxylic acids is 1. The average molecular weight is 781 g/mol. The quantitative estimate of drug-likeness (QED) is 0.0347. The van der Waals surface area contributed by atoms with Crippen LogP contribution >= 0.6 is 0 Å². The van der Waals surface area contributed by atoms with E-state index in [-0.39, 0.29) is 53.7 Å². The summed E-state index contributed by atoms with van der Waals surface area (Å²) in [6.45, 7) is 15.9. The Balaban J connectivity index is 1.33. The van der Waals surface area contributed by atoms with E-state index in [1.807, 2.05) is 13.0 Å². The van der Waals surface area contributed by atoms with Crippen molar-refractivity contribution < 1.29 is 38.0 Å². The van der Waals surface area contributed by atoms with Crippen LogP contribution in [0.15, 0.2) is 11.6 Å². The van der Waals surface area contributed by atoms with Crippen molar-refractivity contribution in [3.8, 4) is 0 Å². The summed E-state index contributed by atoms with van der Waals surface area (Å²) in [5, 5.41) is 11.3. The van der Waals surface area contributed by atoms with E-state index in [2.05, 4.69) is 40.8 Å². The highest BCUT2D eigenvalue weighted by Gasteiger charge is 2.41. The van der Waals surface area contributed by atoms with Gasteiger partial charge in [0.25, 0.3) is 0 Å². The predicted octanol–water partition coefficient (Wildman–Crippen LogP) is 11.5. The minimum absolute atomic E-state index is 0.0423. The van der Waals surface area contributed by atoms with Crippen molar-refractivity contribution in [3.63, 3.8) is 0 Å². The zero-order valence-corrected chi connectivity index (χ0v) is 37.2. The summed E-state index contributed by atoms with van der Waals surface area (Å²) in [6.07, 6.45) is 28.7. The van der Waals surface area contributed by atoms with Gasteiger partial charge in [0, 0.05) is 25.2 Å². The molecule has 0 aromatic carbocycles. The van der Waals surface area contributed by atoms with Gasteiger partial charge in [-0.15, -0.1) is 0 Å². The Morgan fingerprint density at radius 1 is 0.796 bits per heavy atom. The minimum atomic E-state index is -1.97. The standard InChI is InChI=1S/C45H84O8Si/c1-9-10-11-12-13-14-15-16-20-23-27-40(49-34-48-6)42-30-31-43(52-42)41-29-24-28-39(51-41)38(46)26-22-19-17-18-21-25-37(53-54(7,8)45(3,4)5)33-36-32-35(2)50-44(36)47/h32,35,37-43,46H,9-31,33-34H2,1-8H3/t35-,37+,38-,39-,40+,41+,42+,43+/m0/s1. The molecule has 0 saturated carbocycles. The normalized spacial score (nSPS) is 25.5. The molecule has 8 nitrogen and oxygen atoms in total. The van der Waals surface area contributed by atoms with Crippen LogP contribution < -0.4 is 0 Å². The van der Waals surface area contributed by atoms with Crippen molar-refractivity contribution in [1.82, 2.24) is 0 Å². The maximum atomic E-state index is 12.4. The number of methoxy groups -OCH3 is 1. The van der Waals surface area contributed by atoms with Gasteiger partial charge in [-0.25, -0.2) is 4.79 Å². The van der Waals surface area contributed by atoms with E-state index in [1.165, 1.54) is 64.2 Å². The van der Waals surface area contributed by atoms with E-state index >= 15 is 0 Å². The van der Waals surface area contributed by atoms with Crippen LogP contribution in [0.25, 0.3) is 0 Å². The third-order valence-corrected chi connectivity index (χ3v) is 17.2. The molecular formula is C45H84O8Si. The molecule has 0 spiro atoms. The van der Waals surface area contributed by atoms with Crippen LogP contribution in [0.5, 0.6) is 0 Å². The van der Waals surface area contributed by atoms with E-state index in [9.17, 15) is 9.90 Å². The molecular weight excluding hydrogens is 697 g/mol. The summed E-state index contributed by atoms with van der Waals surface area (Å²) < 4.78 is 36.9. The molecule has 0 amide bonds. The van der Waals surface area contributed by atoms with Gasteiger partial charge in [0.15, 0.2) is 8.32 Å². The van der Waals surface area contributed by atoms with Gasteiger partial charge in [-0.05, 0) is 82.5 Å². The molecule has 9 heteroatoms. The van der Waals surface area contributed by atoms with Crippen molar-refractivity contribution in [3.05, 3.63) is 11.6 Å². The van der Waals surface area contributed by atoms with Gasteiger partial charge in [-0.1, -0.05) is 124 Å². The van der Waals surface area contributed by atoms with Crippen molar-refractivity contribution in [2.75, 3.05) is 13.9 Å². The van der Waals surface area contributed by atoms with Crippen LogP contribution in [0.4, 0.5) is 0 Å². The molecule has 1 N–H and O–H groups in total. The first-order valence-electron chi connectivity index (χ1n) is 22.5. The highest BCUT2D eigenvalue weighted by molar-refractivity contribution is 6.74. The van der Waals surface area contributed by atoms with Gasteiger partial charge >= 0.3 is 5.97 Å². The van der Waals surface area contributed by atoms with E-state index in [4.69, 9.17) is 28.1 Å². The first-order valence-corrected chi connectivity index (χ1v) is 25.4. The Labute approximate surface area is 332 Å². The molecule has 316 valence electrons. The van der Waals surface area contributed by atoms with Crippen molar-refractivity contribution in [2.45, 2.75) is 256 Å². The number of hydrogen-bond acceptors (Lipinski definition) is 8. The lowest BCUT2D eigenvalue weighted by molar-refractivity contribution is -0.172. The van der Waals surface area contributed by atoms with Crippen molar-refractivity contribution in [1.29, 1.82) is 0 Å². The summed E-state index contributed by atoms with van der Waals surface area (Å²) in [5.74, 6) is -0.186. The van der Waals surface area contributed by atoms with Crippen LogP contribution in [0, 0.1) is 0 Å². The summed E-state index contributed by atoms with van der Waals surface area (Å²) in [6, 6.07) is 0. The maximum absolute atomic E-state index is 12.4. The molecule has 2 saturated heterocycles. The molecule has 2 fully saturated rings. The lowest BCUT2D eigenvalue weighted by Gasteiger charge is -2.39. The van der Waals surface area contributed by atoms with Crippen molar-refractivity contribution >= 4 is 14.3 Å². The number of esters is 1. The fraction of sp³-hybridized carbons (Fsp3) is 0.933. The van der Waals surface area contributed by atoms with Crippen LogP contribution in [-0.4, -0.2) is 82.1 Å². The van der Waals surface area contributed by atoms with E-state index < -0.39 is 14.4 Å². The van der Waals surface area contributed by atoms with Gasteiger partial charge in [-0.3, -0.25) is 0 Å². The Hall–Kier alpha value is -0.813. The SMILES string of the molecule is CCCCCCCCCCCC[C@@H](OCOC)[C@H]1CC[C@H]([C@H]2CCC[C@@H]([C@@H](O)CCCCCCC[C@H](CC3=C[C@H](C)OC3=O)O[Si](C)(C)C(C)(C)C)O2)O1. The summed E-state index contributed by atoms with van der Waals surface area (Å²) in [5.41, 5.74) is 0.770. The summed E-state index contributed by atoms with van der Waals surface area (Å²) in [4.78, 5) is 12.4. The summed E-state index contributed by atoms with van der Waals surface area (Å²) in [7, 11) is -0.276. The molecule has 3 rings (SSSR count). The fourth-order valence-corrected chi connectivity index (χ4v) is 9.69. The first-order chi connectivity index (χ1) is 25.8. The highest BCUT2D eigenvalue weighted by Crippen LogP contribution is 2.39. The predicted molar refractivity (Wildman–Crippen MR) is 222 cm³/mol.